The fraction of sp³-hybridized carbons (Fsp3) is 0.333. The van der Waals surface area contributed by atoms with Crippen molar-refractivity contribution >= 4 is 11.9 Å². The molecule has 2 unspecified atom stereocenters. The number of carbonyl (C=O) groups excluding carboxylic acids is 2. The second-order valence-corrected chi connectivity index (χ2v) is 6.54. The van der Waals surface area contributed by atoms with E-state index in [1.807, 2.05) is 32.0 Å². The molecule has 0 aliphatic carbocycles. The molecule has 1 amide bonds. The normalized spacial score (nSPS) is 19.4. The fourth-order valence-corrected chi connectivity index (χ4v) is 3.02. The van der Waals surface area contributed by atoms with Gasteiger partial charge in [0.25, 0.3) is 5.91 Å². The smallest absolute Gasteiger partial charge is 0.342 e. The van der Waals surface area contributed by atoms with Gasteiger partial charge in [-0.05, 0) is 38.1 Å². The van der Waals surface area contributed by atoms with Gasteiger partial charge in [0.1, 0.15) is 17.1 Å². The van der Waals surface area contributed by atoms with Crippen LogP contribution < -0.4 is 4.74 Å². The van der Waals surface area contributed by atoms with Gasteiger partial charge in [0, 0.05) is 13.1 Å². The van der Waals surface area contributed by atoms with Crippen molar-refractivity contribution in [1.82, 2.24) is 4.90 Å². The van der Waals surface area contributed by atoms with Gasteiger partial charge in [0.05, 0.1) is 12.2 Å². The molecular weight excluding hydrogens is 346 g/mol. The van der Waals surface area contributed by atoms with E-state index in [1.165, 1.54) is 0 Å². The Morgan fingerprint density at radius 1 is 1.00 bits per heavy atom. The molecule has 3 rings (SSSR count). The van der Waals surface area contributed by atoms with Crippen molar-refractivity contribution in [2.45, 2.75) is 26.1 Å². The van der Waals surface area contributed by atoms with Gasteiger partial charge in [-0.2, -0.15) is 0 Å². The van der Waals surface area contributed by atoms with E-state index in [0.717, 1.165) is 0 Å². The minimum Gasteiger partial charge on any atom is -0.456 e. The lowest BCUT2D eigenvalue weighted by Crippen LogP contribution is -2.49. The summed E-state index contributed by atoms with van der Waals surface area (Å²) in [5, 5.41) is 0. The maximum Gasteiger partial charge on any atom is 0.342 e. The van der Waals surface area contributed by atoms with Crippen LogP contribution in [0.2, 0.25) is 0 Å². The Hall–Kier alpha value is -2.86. The van der Waals surface area contributed by atoms with E-state index in [2.05, 4.69) is 0 Å². The first-order valence-corrected chi connectivity index (χ1v) is 8.95. The second kappa shape index (κ2) is 8.68. The van der Waals surface area contributed by atoms with Gasteiger partial charge in [0.2, 0.25) is 0 Å². The van der Waals surface area contributed by atoms with Crippen LogP contribution in [0.5, 0.6) is 11.5 Å². The van der Waals surface area contributed by atoms with Gasteiger partial charge >= 0.3 is 5.97 Å². The number of esters is 1. The highest BCUT2D eigenvalue weighted by molar-refractivity contribution is 5.94. The number of para-hydroxylation sites is 2. The van der Waals surface area contributed by atoms with E-state index in [0.29, 0.717) is 24.6 Å². The molecule has 6 nitrogen and oxygen atoms in total. The standard InChI is InChI=1S/C21H23NO5/c1-15-12-22(13-16(2)26-15)20(23)14-25-21(24)18-10-6-7-11-19(18)27-17-8-4-3-5-9-17/h3-11,15-16H,12-14H2,1-2H3. The summed E-state index contributed by atoms with van der Waals surface area (Å²) in [6, 6.07) is 16.0. The number of rotatable bonds is 5. The van der Waals surface area contributed by atoms with Gasteiger partial charge in [-0.15, -0.1) is 0 Å². The molecule has 2 atom stereocenters. The van der Waals surface area contributed by atoms with Gasteiger partial charge < -0.3 is 19.1 Å². The highest BCUT2D eigenvalue weighted by Crippen LogP contribution is 2.25. The molecule has 0 saturated carbocycles. The number of nitrogens with zero attached hydrogens (tertiary/aromatic N) is 1. The van der Waals surface area contributed by atoms with Gasteiger partial charge in [-0.3, -0.25) is 4.79 Å². The average Bonchev–Trinajstić information content (AvgIpc) is 2.66. The van der Waals surface area contributed by atoms with Crippen LogP contribution in [0.3, 0.4) is 0 Å². The quantitative estimate of drug-likeness (QED) is 0.757. The van der Waals surface area contributed by atoms with Crippen molar-refractivity contribution in [2.24, 2.45) is 0 Å². The summed E-state index contributed by atoms with van der Waals surface area (Å²) < 4.78 is 16.6. The number of hydrogen-bond donors (Lipinski definition) is 0. The molecule has 1 saturated heterocycles. The molecule has 0 radical (unpaired) electrons. The largest absolute Gasteiger partial charge is 0.456 e. The first kappa shape index (κ1) is 18.9. The van der Waals surface area contributed by atoms with Crippen LogP contribution in [-0.2, 0) is 14.3 Å². The summed E-state index contributed by atoms with van der Waals surface area (Å²) in [5.41, 5.74) is 0.276. The van der Waals surface area contributed by atoms with Crippen molar-refractivity contribution in [1.29, 1.82) is 0 Å². The van der Waals surface area contributed by atoms with Crippen molar-refractivity contribution in [3.05, 3.63) is 60.2 Å². The number of benzene rings is 2. The summed E-state index contributed by atoms with van der Waals surface area (Å²) >= 11 is 0. The van der Waals surface area contributed by atoms with Gasteiger partial charge in [-0.1, -0.05) is 30.3 Å². The van der Waals surface area contributed by atoms with Gasteiger partial charge in [-0.25, -0.2) is 4.79 Å². The summed E-state index contributed by atoms with van der Waals surface area (Å²) in [7, 11) is 0. The van der Waals surface area contributed by atoms with Crippen molar-refractivity contribution < 1.29 is 23.8 Å². The molecule has 1 aliphatic heterocycles. The molecule has 2 aromatic carbocycles. The van der Waals surface area contributed by atoms with E-state index >= 15 is 0 Å². The van der Waals surface area contributed by atoms with Crippen LogP contribution in [0, 0.1) is 0 Å². The molecule has 0 bridgehead atoms. The monoisotopic (exact) mass is 369 g/mol. The fourth-order valence-electron chi connectivity index (χ4n) is 3.02. The van der Waals surface area contributed by atoms with Crippen molar-refractivity contribution in [2.75, 3.05) is 19.7 Å². The maximum absolute atomic E-state index is 12.5. The summed E-state index contributed by atoms with van der Waals surface area (Å²) in [6.07, 6.45) is -0.0678. The van der Waals surface area contributed by atoms with Crippen LogP contribution in [0.15, 0.2) is 54.6 Å². The Labute approximate surface area is 158 Å². The van der Waals surface area contributed by atoms with Crippen molar-refractivity contribution in [3.63, 3.8) is 0 Å². The number of ether oxygens (including phenoxy) is 3. The van der Waals surface area contributed by atoms with Crippen LogP contribution in [0.1, 0.15) is 24.2 Å². The zero-order chi connectivity index (χ0) is 19.2. The Morgan fingerprint density at radius 2 is 1.63 bits per heavy atom. The van der Waals surface area contributed by atoms with Crippen LogP contribution in [-0.4, -0.2) is 48.7 Å². The van der Waals surface area contributed by atoms with Gasteiger partial charge in [0.15, 0.2) is 6.61 Å². The second-order valence-electron chi connectivity index (χ2n) is 6.54. The third kappa shape index (κ3) is 5.08. The SMILES string of the molecule is CC1CN(C(=O)COC(=O)c2ccccc2Oc2ccccc2)CC(C)O1. The third-order valence-electron chi connectivity index (χ3n) is 4.18. The highest BCUT2D eigenvalue weighted by atomic mass is 16.5. The predicted molar refractivity (Wildman–Crippen MR) is 99.8 cm³/mol. The van der Waals surface area contributed by atoms with Crippen molar-refractivity contribution in [3.8, 4) is 11.5 Å². The number of morpholine rings is 1. The van der Waals surface area contributed by atoms with E-state index in [-0.39, 0.29) is 30.3 Å². The zero-order valence-electron chi connectivity index (χ0n) is 15.5. The third-order valence-corrected chi connectivity index (χ3v) is 4.18. The molecule has 142 valence electrons. The number of carbonyl (C=O) groups is 2. The molecule has 0 N–H and O–H groups in total. The predicted octanol–water partition coefficient (Wildman–Crippen LogP) is 3.27. The minimum atomic E-state index is -0.593. The lowest BCUT2D eigenvalue weighted by Gasteiger charge is -2.35. The number of amides is 1. The summed E-state index contributed by atoms with van der Waals surface area (Å²) in [5.74, 6) is 0.177. The van der Waals surface area contributed by atoms with Crippen LogP contribution in [0.4, 0.5) is 0 Å². The van der Waals surface area contributed by atoms with E-state index < -0.39 is 5.97 Å². The molecule has 27 heavy (non-hydrogen) atoms. The first-order chi connectivity index (χ1) is 13.0. The molecule has 0 spiro atoms. The Morgan fingerprint density at radius 3 is 2.33 bits per heavy atom. The Balaban J connectivity index is 1.62. The molecule has 1 aliphatic rings. The molecule has 0 aromatic heterocycles. The van der Waals surface area contributed by atoms with E-state index in [1.54, 1.807) is 41.3 Å². The van der Waals surface area contributed by atoms with Crippen LogP contribution >= 0.6 is 0 Å². The summed E-state index contributed by atoms with van der Waals surface area (Å²) in [4.78, 5) is 26.5. The first-order valence-electron chi connectivity index (χ1n) is 8.95. The summed E-state index contributed by atoms with van der Waals surface area (Å²) in [6.45, 7) is 4.51. The Kier molecular flexibility index (Phi) is 6.08. The molecule has 1 heterocycles. The van der Waals surface area contributed by atoms with E-state index in [4.69, 9.17) is 14.2 Å². The number of hydrogen-bond acceptors (Lipinski definition) is 5. The molecule has 6 heteroatoms. The average molecular weight is 369 g/mol. The Bertz CT molecular complexity index is 782. The molecule has 1 fully saturated rings. The molecular formula is C21H23NO5. The zero-order valence-corrected chi connectivity index (χ0v) is 15.5. The topological polar surface area (TPSA) is 65.1 Å². The minimum absolute atomic E-state index is 0.0339. The van der Waals surface area contributed by atoms with Crippen LogP contribution in [0.25, 0.3) is 0 Å². The maximum atomic E-state index is 12.5. The lowest BCUT2D eigenvalue weighted by atomic mass is 10.2. The van der Waals surface area contributed by atoms with E-state index in [9.17, 15) is 9.59 Å². The highest BCUT2D eigenvalue weighted by Gasteiger charge is 2.26. The molecule has 2 aromatic rings. The lowest BCUT2D eigenvalue weighted by molar-refractivity contribution is -0.146.